The second kappa shape index (κ2) is 10.0. The molecule has 0 fully saturated rings. The van der Waals surface area contributed by atoms with Gasteiger partial charge in [0.1, 0.15) is 0 Å². The Balaban J connectivity index is 1.47. The molecule has 0 heterocycles. The van der Waals surface area contributed by atoms with Gasteiger partial charge >= 0.3 is 264 Å². The van der Waals surface area contributed by atoms with E-state index < -0.39 is 20.7 Å². The fraction of sp³-hybridized carbons (Fsp3) is 0.179. The molecule has 0 N–H and O–H groups in total. The van der Waals surface area contributed by atoms with Crippen molar-refractivity contribution in [3.63, 3.8) is 0 Å². The molecular formula is C39H38Cl2SiZr. The summed E-state index contributed by atoms with van der Waals surface area (Å²) in [5.74, 6) is 0. The normalized spacial score (nSPS) is 19.6. The third-order valence-corrected chi connectivity index (χ3v) is 68.4. The number of allylic oxidation sites excluding steroid dienone is 2. The number of hydrogen-bond donors (Lipinski definition) is 0. The van der Waals surface area contributed by atoms with E-state index in [0.717, 1.165) is 4.13 Å². The van der Waals surface area contributed by atoms with Crippen LogP contribution in [0.4, 0.5) is 0 Å². The van der Waals surface area contributed by atoms with Gasteiger partial charge in [-0.05, 0) is 0 Å². The summed E-state index contributed by atoms with van der Waals surface area (Å²) in [4.78, 5) is 0. The number of halogens is 2. The molecule has 0 radical (unpaired) electrons. The van der Waals surface area contributed by atoms with E-state index >= 15 is 0 Å². The molecule has 0 amide bonds. The molecule has 0 nitrogen and oxygen atoms in total. The number of fused-ring (bicyclic) bond motifs is 3. The molecule has 0 bridgehead atoms. The molecule has 2 aliphatic rings. The average Bonchev–Trinajstić information content (AvgIpc) is 3.58. The predicted molar refractivity (Wildman–Crippen MR) is 191 cm³/mol. The van der Waals surface area contributed by atoms with Crippen molar-refractivity contribution >= 4 is 46.6 Å². The van der Waals surface area contributed by atoms with Crippen molar-refractivity contribution < 1.29 is 14.1 Å². The Morgan fingerprint density at radius 2 is 1.12 bits per heavy atom. The molecule has 0 aliphatic heterocycles. The first-order valence-electron chi connectivity index (χ1n) is 15.6. The van der Waals surface area contributed by atoms with Crippen LogP contribution < -0.4 is 0 Å². The minimum absolute atomic E-state index is 0.0656. The molecular weight excluding hydrogens is 659 g/mol. The van der Waals surface area contributed by atoms with Crippen molar-refractivity contribution in [3.05, 3.63) is 143 Å². The molecule has 0 aromatic heterocycles. The zero-order valence-corrected chi connectivity index (χ0v) is 30.8. The van der Waals surface area contributed by atoms with Crippen LogP contribution >= 0.6 is 17.0 Å². The van der Waals surface area contributed by atoms with Gasteiger partial charge in [0.15, 0.2) is 0 Å². The molecule has 0 spiro atoms. The van der Waals surface area contributed by atoms with Gasteiger partial charge in [0.25, 0.3) is 0 Å². The van der Waals surface area contributed by atoms with Gasteiger partial charge in [-0.15, -0.1) is 0 Å². The zero-order chi connectivity index (χ0) is 30.0. The Morgan fingerprint density at radius 3 is 1.74 bits per heavy atom. The summed E-state index contributed by atoms with van der Waals surface area (Å²) in [5.41, 5.74) is 13.0. The van der Waals surface area contributed by atoms with E-state index in [0.29, 0.717) is 0 Å². The van der Waals surface area contributed by atoms with Crippen molar-refractivity contribution in [1.29, 1.82) is 0 Å². The van der Waals surface area contributed by atoms with Crippen LogP contribution in [0.25, 0.3) is 45.2 Å². The molecule has 4 heteroatoms. The van der Waals surface area contributed by atoms with Crippen LogP contribution in [0.1, 0.15) is 50.3 Å². The quantitative estimate of drug-likeness (QED) is 0.155. The predicted octanol–water partition coefficient (Wildman–Crippen LogP) is 11.9. The van der Waals surface area contributed by atoms with E-state index in [1.807, 2.05) is 0 Å². The Bertz CT molecular complexity index is 1990. The minimum atomic E-state index is -5.26. The van der Waals surface area contributed by atoms with E-state index in [1.165, 1.54) is 66.4 Å². The maximum atomic E-state index is 8.72. The van der Waals surface area contributed by atoms with Gasteiger partial charge in [0.05, 0.1) is 0 Å². The molecule has 2 unspecified atom stereocenters. The van der Waals surface area contributed by atoms with Gasteiger partial charge in [0.2, 0.25) is 0 Å². The summed E-state index contributed by atoms with van der Waals surface area (Å²) in [6.45, 7) is 8.40. The molecule has 2 atom stereocenters. The molecule has 5 aromatic rings. The molecule has 216 valence electrons. The van der Waals surface area contributed by atoms with Crippen LogP contribution in [0.2, 0.25) is 10.7 Å². The van der Waals surface area contributed by atoms with Gasteiger partial charge in [0, 0.05) is 0 Å². The van der Waals surface area contributed by atoms with Gasteiger partial charge in [-0.25, -0.2) is 0 Å². The van der Waals surface area contributed by atoms with Gasteiger partial charge in [-0.3, -0.25) is 0 Å². The van der Waals surface area contributed by atoms with Gasteiger partial charge < -0.3 is 0 Å². The summed E-state index contributed by atoms with van der Waals surface area (Å²) in [6.07, 6.45) is 4.83. The Morgan fingerprint density at radius 1 is 0.605 bits per heavy atom. The number of rotatable bonds is 6. The Kier molecular flexibility index (Phi) is 6.81. The van der Waals surface area contributed by atoms with Crippen molar-refractivity contribution in [3.8, 4) is 22.3 Å². The summed E-state index contributed by atoms with van der Waals surface area (Å²) in [6, 6.07) is 39.7. The first kappa shape index (κ1) is 29.2. The van der Waals surface area contributed by atoms with Crippen LogP contribution in [0.3, 0.4) is 0 Å². The molecule has 7 rings (SSSR count). The molecule has 5 aromatic carbocycles. The summed E-state index contributed by atoms with van der Waals surface area (Å²) in [7, 11) is 17.4. The fourth-order valence-corrected chi connectivity index (χ4v) is 48.1. The molecule has 0 saturated carbocycles. The van der Waals surface area contributed by atoms with Crippen molar-refractivity contribution in [1.82, 2.24) is 0 Å². The van der Waals surface area contributed by atoms with Crippen molar-refractivity contribution in [2.75, 3.05) is 0 Å². The van der Waals surface area contributed by atoms with Crippen molar-refractivity contribution in [2.45, 2.75) is 38.7 Å². The molecule has 2 aliphatic carbocycles. The number of hydrogen-bond acceptors (Lipinski definition) is 0. The topological polar surface area (TPSA) is 0 Å². The van der Waals surface area contributed by atoms with Crippen molar-refractivity contribution in [2.24, 2.45) is 0 Å². The van der Waals surface area contributed by atoms with Crippen LogP contribution in [0.5, 0.6) is 0 Å². The Hall–Kier alpha value is -2.48. The second-order valence-corrected chi connectivity index (χ2v) is 67.0. The summed E-state index contributed by atoms with van der Waals surface area (Å²) in [5, 5.41) is 2.54. The average molecular weight is 697 g/mol. The maximum absolute atomic E-state index is 8.72. The summed E-state index contributed by atoms with van der Waals surface area (Å²) < 4.78 is 0.993. The first-order valence-corrected chi connectivity index (χ1v) is 33.8. The van der Waals surface area contributed by atoms with Gasteiger partial charge in [-0.2, -0.15) is 0 Å². The molecule has 43 heavy (non-hydrogen) atoms. The van der Waals surface area contributed by atoms with E-state index in [9.17, 15) is 0 Å². The SMILES string of the molecule is C[CH2][Zr]([Cl])([Cl])([SiH2]C)([CH]1C(C)=Cc2c(-c3ccccc3)cccc21)[CH]1C(C)=Cc2c(-c3cccc4ccccc34)cccc21. The van der Waals surface area contributed by atoms with E-state index in [2.05, 4.69) is 149 Å². The van der Waals surface area contributed by atoms with E-state index in [-0.39, 0.29) is 7.25 Å². The van der Waals surface area contributed by atoms with E-state index in [4.69, 9.17) is 17.0 Å². The number of benzene rings is 5. The zero-order valence-electron chi connectivity index (χ0n) is 25.4. The first-order chi connectivity index (χ1) is 20.6. The molecule has 0 saturated heterocycles. The third kappa shape index (κ3) is 4.10. The summed E-state index contributed by atoms with van der Waals surface area (Å²) >= 11 is -5.26. The second-order valence-electron chi connectivity index (χ2n) is 13.1. The fourth-order valence-electron chi connectivity index (χ4n) is 9.01. The van der Waals surface area contributed by atoms with Crippen LogP contribution in [-0.4, -0.2) is 6.65 Å². The van der Waals surface area contributed by atoms with Crippen LogP contribution in [0.15, 0.2) is 120 Å². The Labute approximate surface area is 262 Å². The third-order valence-electron chi connectivity index (χ3n) is 11.2. The van der Waals surface area contributed by atoms with E-state index in [1.54, 1.807) is 0 Å². The van der Waals surface area contributed by atoms with Crippen LogP contribution in [0, 0.1) is 0 Å². The standard InChI is InChI=1S/C20H15.C16H13.C2H5.CH5Si.2ClH.Zr/c1-14-12-16-8-5-11-19(20(16)13-14)18-10-4-7-15-6-2-3-9-17(15)18;1-12-10-14-8-5-9-15(16(14)11-12)13-6-3-2-4-7-13;2*1-2;;;/h2-13H,1H3;2-11H,1H3;1H2,2H3;2H2,1H3;2*1H;/q;;;;;;+2/p-2. The van der Waals surface area contributed by atoms with Gasteiger partial charge in [-0.1, -0.05) is 0 Å². The monoisotopic (exact) mass is 694 g/mol. The van der Waals surface area contributed by atoms with Crippen LogP contribution in [-0.2, 0) is 14.1 Å².